The lowest BCUT2D eigenvalue weighted by atomic mass is 9.61. The second-order valence-electron chi connectivity index (χ2n) is 7.78. The zero-order chi connectivity index (χ0) is 13.0. The molecule has 1 N–H and O–H groups in total. The summed E-state index contributed by atoms with van der Waals surface area (Å²) in [7, 11) is 2.20. The lowest BCUT2D eigenvalue weighted by molar-refractivity contribution is -0.141. The summed E-state index contributed by atoms with van der Waals surface area (Å²) in [5.41, 5.74) is -0.341. The molecule has 4 rings (SSSR count). The van der Waals surface area contributed by atoms with E-state index in [9.17, 15) is 5.11 Å². The van der Waals surface area contributed by atoms with Crippen LogP contribution < -0.4 is 0 Å². The molecule has 0 radical (unpaired) electrons. The summed E-state index contributed by atoms with van der Waals surface area (Å²) in [5.74, 6) is 3.04. The maximum Gasteiger partial charge on any atom is 0.0832 e. The zero-order valence-electron chi connectivity index (χ0n) is 12.2. The van der Waals surface area contributed by atoms with Crippen LogP contribution in [0.5, 0.6) is 0 Å². The van der Waals surface area contributed by atoms with Gasteiger partial charge in [0.05, 0.1) is 5.60 Å². The van der Waals surface area contributed by atoms with Gasteiger partial charge in [0.1, 0.15) is 0 Å². The first-order chi connectivity index (χ1) is 9.15. The van der Waals surface area contributed by atoms with Crippen LogP contribution in [0.3, 0.4) is 0 Å². The first-order valence-corrected chi connectivity index (χ1v) is 8.28. The van der Waals surface area contributed by atoms with E-state index in [1.165, 1.54) is 32.1 Å². The van der Waals surface area contributed by atoms with Crippen LogP contribution in [-0.4, -0.2) is 60.3 Å². The molecule has 3 aliphatic carbocycles. The predicted octanol–water partition coefficient (Wildman–Crippen LogP) is 1.42. The summed E-state index contributed by atoms with van der Waals surface area (Å²) in [6, 6.07) is 0. The summed E-state index contributed by atoms with van der Waals surface area (Å²) in [6.45, 7) is 5.58. The highest BCUT2D eigenvalue weighted by molar-refractivity contribution is 5.09. The van der Waals surface area contributed by atoms with Crippen molar-refractivity contribution in [3.8, 4) is 0 Å². The lowest BCUT2D eigenvalue weighted by Crippen LogP contribution is -2.60. The van der Waals surface area contributed by atoms with Crippen molar-refractivity contribution in [2.75, 3.05) is 39.8 Å². The molecule has 3 bridgehead atoms. The molecular weight excluding hydrogens is 236 g/mol. The Labute approximate surface area is 117 Å². The van der Waals surface area contributed by atoms with Crippen LogP contribution in [0.25, 0.3) is 0 Å². The van der Waals surface area contributed by atoms with E-state index in [2.05, 4.69) is 16.8 Å². The van der Waals surface area contributed by atoms with Gasteiger partial charge < -0.3 is 10.0 Å². The van der Waals surface area contributed by atoms with Crippen LogP contribution in [0, 0.1) is 23.7 Å². The number of nitrogens with zero attached hydrogens (tertiary/aromatic N) is 2. The highest BCUT2D eigenvalue weighted by Gasteiger charge is 2.58. The molecule has 4 aliphatic rings. The van der Waals surface area contributed by atoms with Gasteiger partial charge in [-0.3, -0.25) is 4.90 Å². The van der Waals surface area contributed by atoms with Gasteiger partial charge in [-0.1, -0.05) is 0 Å². The number of aliphatic hydroxyl groups is 1. The van der Waals surface area contributed by atoms with Crippen molar-refractivity contribution < 1.29 is 5.11 Å². The van der Waals surface area contributed by atoms with E-state index in [1.54, 1.807) is 0 Å². The Morgan fingerprint density at radius 2 is 1.84 bits per heavy atom. The zero-order valence-corrected chi connectivity index (χ0v) is 12.2. The molecule has 0 amide bonds. The monoisotopic (exact) mass is 264 g/mol. The topological polar surface area (TPSA) is 26.7 Å². The van der Waals surface area contributed by atoms with Crippen molar-refractivity contribution in [3.63, 3.8) is 0 Å². The Kier molecular flexibility index (Phi) is 2.95. The normalized spacial score (nSPS) is 50.8. The summed E-state index contributed by atoms with van der Waals surface area (Å²) in [6.07, 6.45) is 6.76. The molecule has 5 unspecified atom stereocenters. The average molecular weight is 264 g/mol. The van der Waals surface area contributed by atoms with E-state index >= 15 is 0 Å². The molecule has 5 atom stereocenters. The largest absolute Gasteiger partial charge is 0.388 e. The molecule has 3 heteroatoms. The molecule has 1 aliphatic heterocycles. The molecule has 3 nitrogen and oxygen atoms in total. The minimum atomic E-state index is -0.341. The molecule has 0 aromatic heterocycles. The van der Waals surface area contributed by atoms with Gasteiger partial charge in [-0.25, -0.2) is 0 Å². The Morgan fingerprint density at radius 3 is 2.63 bits per heavy atom. The summed E-state index contributed by atoms with van der Waals surface area (Å²) < 4.78 is 0. The fraction of sp³-hybridized carbons (Fsp3) is 1.00. The highest BCUT2D eigenvalue weighted by Crippen LogP contribution is 2.59. The summed E-state index contributed by atoms with van der Waals surface area (Å²) in [4.78, 5) is 4.94. The molecule has 1 saturated heterocycles. The summed E-state index contributed by atoms with van der Waals surface area (Å²) in [5, 5.41) is 11.4. The van der Waals surface area contributed by atoms with Gasteiger partial charge in [-0.2, -0.15) is 0 Å². The third-order valence-corrected chi connectivity index (χ3v) is 6.72. The van der Waals surface area contributed by atoms with Crippen LogP contribution in [0.4, 0.5) is 0 Å². The molecule has 1 heterocycles. The maximum atomic E-state index is 11.4. The van der Waals surface area contributed by atoms with Crippen LogP contribution >= 0.6 is 0 Å². The molecule has 3 saturated carbocycles. The molecule has 108 valence electrons. The molecular formula is C16H28N2O. The van der Waals surface area contributed by atoms with E-state index in [1.807, 2.05) is 0 Å². The van der Waals surface area contributed by atoms with Crippen LogP contribution in [0.1, 0.15) is 32.1 Å². The highest BCUT2D eigenvalue weighted by atomic mass is 16.3. The lowest BCUT2D eigenvalue weighted by Gasteiger charge is -2.52. The SMILES string of the molecule is CN1CCN(CC2(O)C3CCC4CC(C3)CC42)CC1. The standard InChI is InChI=1S/C16H28N2O/c1-17-4-6-18(7-5-17)11-16(19)14-3-2-13-8-12(9-14)10-15(13)16/h12-15,19H,2-11H2,1H3. The number of hydrogen-bond acceptors (Lipinski definition) is 3. The van der Waals surface area contributed by atoms with Gasteiger partial charge >= 0.3 is 0 Å². The molecule has 0 spiro atoms. The third kappa shape index (κ3) is 1.97. The van der Waals surface area contributed by atoms with E-state index in [0.29, 0.717) is 11.8 Å². The number of piperazine rings is 1. The van der Waals surface area contributed by atoms with E-state index in [-0.39, 0.29) is 5.60 Å². The minimum absolute atomic E-state index is 0.341. The van der Waals surface area contributed by atoms with Crippen LogP contribution in [0.15, 0.2) is 0 Å². The van der Waals surface area contributed by atoms with Gasteiger partial charge in [-0.15, -0.1) is 0 Å². The van der Waals surface area contributed by atoms with Crippen molar-refractivity contribution in [2.45, 2.75) is 37.7 Å². The Morgan fingerprint density at radius 1 is 1.05 bits per heavy atom. The average Bonchev–Trinajstić information content (AvgIpc) is 2.62. The van der Waals surface area contributed by atoms with Gasteiger partial charge in [0.25, 0.3) is 0 Å². The van der Waals surface area contributed by atoms with Gasteiger partial charge in [0, 0.05) is 32.7 Å². The number of likely N-dealkylation sites (N-methyl/N-ethyl adjacent to an activating group) is 1. The number of hydrogen-bond donors (Lipinski definition) is 1. The van der Waals surface area contributed by atoms with Crippen molar-refractivity contribution in [1.82, 2.24) is 9.80 Å². The van der Waals surface area contributed by atoms with E-state index < -0.39 is 0 Å². The maximum absolute atomic E-state index is 11.4. The van der Waals surface area contributed by atoms with Crippen molar-refractivity contribution in [1.29, 1.82) is 0 Å². The van der Waals surface area contributed by atoms with Crippen LogP contribution in [-0.2, 0) is 0 Å². The number of rotatable bonds is 2. The van der Waals surface area contributed by atoms with Gasteiger partial charge in [0.2, 0.25) is 0 Å². The molecule has 4 fully saturated rings. The second kappa shape index (κ2) is 4.44. The third-order valence-electron chi connectivity index (χ3n) is 6.72. The molecule has 0 aromatic rings. The Balaban J connectivity index is 1.50. The van der Waals surface area contributed by atoms with E-state index in [4.69, 9.17) is 0 Å². The minimum Gasteiger partial charge on any atom is -0.388 e. The number of β-amino-alcohol motifs (C(OH)–C–C–N with tert-alkyl or cyclic N) is 1. The molecule has 19 heavy (non-hydrogen) atoms. The first-order valence-electron chi connectivity index (χ1n) is 8.28. The predicted molar refractivity (Wildman–Crippen MR) is 75.9 cm³/mol. The summed E-state index contributed by atoms with van der Waals surface area (Å²) >= 11 is 0. The molecule has 0 aromatic carbocycles. The fourth-order valence-corrected chi connectivity index (χ4v) is 5.67. The van der Waals surface area contributed by atoms with Gasteiger partial charge in [-0.05, 0) is 62.8 Å². The quantitative estimate of drug-likeness (QED) is 0.817. The first kappa shape index (κ1) is 12.6. The number of fused-ring (bicyclic) bond motifs is 2. The van der Waals surface area contributed by atoms with Crippen molar-refractivity contribution >= 4 is 0 Å². The van der Waals surface area contributed by atoms with Crippen LogP contribution in [0.2, 0.25) is 0 Å². The second-order valence-corrected chi connectivity index (χ2v) is 7.78. The van der Waals surface area contributed by atoms with E-state index in [0.717, 1.165) is 44.6 Å². The fourth-order valence-electron chi connectivity index (χ4n) is 5.67. The Bertz CT molecular complexity index is 353. The smallest absolute Gasteiger partial charge is 0.0832 e. The Hall–Kier alpha value is -0.120. The van der Waals surface area contributed by atoms with Crippen molar-refractivity contribution in [3.05, 3.63) is 0 Å². The van der Waals surface area contributed by atoms with Gasteiger partial charge in [0.15, 0.2) is 0 Å². The van der Waals surface area contributed by atoms with Crippen molar-refractivity contribution in [2.24, 2.45) is 23.7 Å².